The molecule has 1 atom stereocenters. The Morgan fingerprint density at radius 1 is 1.35 bits per heavy atom. The fourth-order valence-corrected chi connectivity index (χ4v) is 1.95. The number of hydrogen-bond acceptors (Lipinski definition) is 5. The first-order valence-electron chi connectivity index (χ1n) is 5.64. The second-order valence-corrected chi connectivity index (χ2v) is 5.34. The molecule has 0 radical (unpaired) electrons. The zero-order valence-corrected chi connectivity index (χ0v) is 12.7. The highest BCUT2D eigenvalue weighted by atomic mass is 32.1. The lowest BCUT2D eigenvalue weighted by Gasteiger charge is -2.29. The van der Waals surface area contributed by atoms with E-state index in [2.05, 4.69) is 12.6 Å². The van der Waals surface area contributed by atoms with E-state index >= 15 is 0 Å². The van der Waals surface area contributed by atoms with Gasteiger partial charge in [-0.2, -0.15) is 0 Å². The topological polar surface area (TPSA) is 72.8 Å². The lowest BCUT2D eigenvalue weighted by Crippen LogP contribution is -2.33. The van der Waals surface area contributed by atoms with Crippen molar-refractivity contribution in [2.45, 2.75) is 19.4 Å². The number of carboxylic acid groups (broad SMARTS) is 1. The summed E-state index contributed by atoms with van der Waals surface area (Å²) in [5.41, 5.74) is -0.251. The summed E-state index contributed by atoms with van der Waals surface area (Å²) in [5, 5.41) is 8.87. The third-order valence-corrected chi connectivity index (χ3v) is 2.78. The number of esters is 1. The quantitative estimate of drug-likeness (QED) is 0.494. The molecular weight excluding hydrogens is 300 g/mol. The van der Waals surface area contributed by atoms with Crippen LogP contribution in [0.3, 0.4) is 0 Å². The Hall–Kier alpha value is -1.60. The number of hydrogen-bond donors (Lipinski definition) is 2. The van der Waals surface area contributed by atoms with Crippen LogP contribution < -0.4 is 0 Å². The SMILES string of the molecule is CC(=O)OCC(C)(OC(=S)S)c1ccc(C(=O)O)cc1. The fourth-order valence-electron chi connectivity index (χ4n) is 1.57. The predicted molar refractivity (Wildman–Crippen MR) is 80.1 cm³/mol. The van der Waals surface area contributed by atoms with Crippen molar-refractivity contribution in [3.8, 4) is 0 Å². The van der Waals surface area contributed by atoms with E-state index in [4.69, 9.17) is 26.8 Å². The Labute approximate surface area is 127 Å². The minimum atomic E-state index is -1.03. The molecule has 0 heterocycles. The van der Waals surface area contributed by atoms with E-state index in [1.165, 1.54) is 19.1 Å². The average Bonchev–Trinajstić information content (AvgIpc) is 2.36. The van der Waals surface area contributed by atoms with Gasteiger partial charge in [-0.05, 0) is 36.8 Å². The van der Waals surface area contributed by atoms with Crippen LogP contribution >= 0.6 is 24.8 Å². The Morgan fingerprint density at radius 2 is 1.90 bits per heavy atom. The van der Waals surface area contributed by atoms with Gasteiger partial charge < -0.3 is 14.6 Å². The van der Waals surface area contributed by atoms with Crippen molar-refractivity contribution in [2.75, 3.05) is 6.61 Å². The van der Waals surface area contributed by atoms with Gasteiger partial charge in [0, 0.05) is 6.92 Å². The average molecular weight is 314 g/mol. The number of carbonyl (C=O) groups is 2. The second-order valence-electron chi connectivity index (χ2n) is 4.26. The molecule has 108 valence electrons. The van der Waals surface area contributed by atoms with Gasteiger partial charge in [-0.1, -0.05) is 24.8 Å². The molecule has 0 aliphatic carbocycles. The third kappa shape index (κ3) is 4.50. The van der Waals surface area contributed by atoms with E-state index in [-0.39, 0.29) is 16.6 Å². The van der Waals surface area contributed by atoms with Crippen LogP contribution in [0, 0.1) is 0 Å². The second kappa shape index (κ2) is 6.71. The molecule has 1 unspecified atom stereocenters. The highest BCUT2D eigenvalue weighted by molar-refractivity contribution is 8.10. The Morgan fingerprint density at radius 3 is 2.30 bits per heavy atom. The summed E-state index contributed by atoms with van der Waals surface area (Å²) in [6, 6.07) is 6.04. The number of ether oxygens (including phenoxy) is 2. The van der Waals surface area contributed by atoms with Crippen LogP contribution in [-0.4, -0.2) is 28.0 Å². The number of carboxylic acids is 1. The number of thiol groups is 1. The molecule has 1 aromatic carbocycles. The van der Waals surface area contributed by atoms with Crippen LogP contribution in [0.1, 0.15) is 29.8 Å². The number of rotatable bonds is 5. The number of thiocarbonyl (C=S) groups is 1. The molecule has 7 heteroatoms. The smallest absolute Gasteiger partial charge is 0.335 e. The molecule has 0 aromatic heterocycles. The van der Waals surface area contributed by atoms with Crippen LogP contribution in [0.25, 0.3) is 0 Å². The minimum Gasteiger partial charge on any atom is -0.478 e. The highest BCUT2D eigenvalue weighted by Crippen LogP contribution is 2.27. The largest absolute Gasteiger partial charge is 0.478 e. The van der Waals surface area contributed by atoms with Crippen molar-refractivity contribution in [3.05, 3.63) is 35.4 Å². The van der Waals surface area contributed by atoms with E-state index in [0.717, 1.165) is 0 Å². The fraction of sp³-hybridized carbons (Fsp3) is 0.308. The van der Waals surface area contributed by atoms with Gasteiger partial charge in [0.15, 0.2) is 5.60 Å². The molecule has 0 saturated heterocycles. The van der Waals surface area contributed by atoms with Crippen LogP contribution in [0.2, 0.25) is 0 Å². The van der Waals surface area contributed by atoms with E-state index in [9.17, 15) is 9.59 Å². The van der Waals surface area contributed by atoms with Crippen molar-refractivity contribution in [1.29, 1.82) is 0 Å². The molecule has 0 fully saturated rings. The molecule has 0 amide bonds. The summed E-state index contributed by atoms with van der Waals surface area (Å²) in [5.74, 6) is -1.48. The summed E-state index contributed by atoms with van der Waals surface area (Å²) >= 11 is 8.71. The summed E-state index contributed by atoms with van der Waals surface area (Å²) < 4.78 is 10.4. The van der Waals surface area contributed by atoms with Gasteiger partial charge in [0.05, 0.1) is 5.56 Å². The normalized spacial score (nSPS) is 13.2. The van der Waals surface area contributed by atoms with Gasteiger partial charge in [0.2, 0.25) is 4.38 Å². The standard InChI is InChI=1S/C13H14O5S2/c1-8(14)17-7-13(2,18-12(19)20)10-5-3-9(4-6-10)11(15)16/h3-6H,7H2,1-2H3,(H,15,16)(H,19,20). The maximum Gasteiger partial charge on any atom is 0.335 e. The molecule has 5 nitrogen and oxygen atoms in total. The van der Waals surface area contributed by atoms with Gasteiger partial charge >= 0.3 is 11.9 Å². The Kier molecular flexibility index (Phi) is 5.52. The molecule has 0 bridgehead atoms. The Bertz CT molecular complexity index is 526. The van der Waals surface area contributed by atoms with Crippen molar-refractivity contribution in [2.24, 2.45) is 0 Å². The first-order chi connectivity index (χ1) is 9.24. The molecule has 0 spiro atoms. The highest BCUT2D eigenvalue weighted by Gasteiger charge is 2.31. The van der Waals surface area contributed by atoms with Crippen molar-refractivity contribution in [3.63, 3.8) is 0 Å². The maximum atomic E-state index is 10.9. The van der Waals surface area contributed by atoms with E-state index in [1.54, 1.807) is 19.1 Å². The van der Waals surface area contributed by atoms with Gasteiger partial charge in [-0.15, -0.1) is 0 Å². The summed E-state index contributed by atoms with van der Waals surface area (Å²) in [6.07, 6.45) is 0. The summed E-state index contributed by atoms with van der Waals surface area (Å²) in [4.78, 5) is 21.8. The van der Waals surface area contributed by atoms with Gasteiger partial charge in [-0.3, -0.25) is 4.79 Å². The molecule has 0 saturated carbocycles. The number of benzene rings is 1. The van der Waals surface area contributed by atoms with Crippen LogP contribution in [-0.2, 0) is 19.9 Å². The molecule has 1 N–H and O–H groups in total. The van der Waals surface area contributed by atoms with E-state index < -0.39 is 17.5 Å². The van der Waals surface area contributed by atoms with Crippen LogP contribution in [0.4, 0.5) is 0 Å². The predicted octanol–water partition coefficient (Wildman–Crippen LogP) is 2.39. The summed E-state index contributed by atoms with van der Waals surface area (Å²) in [7, 11) is 0. The lowest BCUT2D eigenvalue weighted by atomic mass is 9.95. The van der Waals surface area contributed by atoms with Crippen molar-refractivity contribution in [1.82, 2.24) is 0 Å². The molecule has 0 aliphatic rings. The van der Waals surface area contributed by atoms with Gasteiger partial charge in [0.25, 0.3) is 0 Å². The van der Waals surface area contributed by atoms with Crippen molar-refractivity contribution < 1.29 is 24.2 Å². The molecule has 1 aromatic rings. The first kappa shape index (κ1) is 16.5. The van der Waals surface area contributed by atoms with E-state index in [0.29, 0.717) is 5.56 Å². The monoisotopic (exact) mass is 314 g/mol. The molecule has 0 aliphatic heterocycles. The number of aromatic carboxylic acids is 1. The molecule has 1 rings (SSSR count). The van der Waals surface area contributed by atoms with Crippen LogP contribution in [0.15, 0.2) is 24.3 Å². The van der Waals surface area contributed by atoms with Crippen molar-refractivity contribution >= 4 is 41.2 Å². The van der Waals surface area contributed by atoms with Gasteiger partial charge in [-0.25, -0.2) is 4.79 Å². The Balaban J connectivity index is 3.05. The zero-order valence-electron chi connectivity index (χ0n) is 11.0. The maximum absolute atomic E-state index is 10.9. The lowest BCUT2D eigenvalue weighted by molar-refractivity contribution is -0.147. The number of carbonyl (C=O) groups excluding carboxylic acids is 1. The first-order valence-corrected chi connectivity index (χ1v) is 6.49. The molecule has 20 heavy (non-hydrogen) atoms. The minimum absolute atomic E-state index is 0.00182. The van der Waals surface area contributed by atoms with E-state index in [1.807, 2.05) is 0 Å². The zero-order chi connectivity index (χ0) is 15.3. The van der Waals surface area contributed by atoms with Crippen LogP contribution in [0.5, 0.6) is 0 Å². The third-order valence-electron chi connectivity index (χ3n) is 2.61. The molecular formula is C13H14O5S2. The summed E-state index contributed by atoms with van der Waals surface area (Å²) in [6.45, 7) is 2.90. The van der Waals surface area contributed by atoms with Gasteiger partial charge in [0.1, 0.15) is 6.61 Å².